The van der Waals surface area contributed by atoms with Gasteiger partial charge in [0.05, 0.1) is 17.7 Å². The zero-order valence-electron chi connectivity index (χ0n) is 12.6. The van der Waals surface area contributed by atoms with Crippen LogP contribution in [-0.4, -0.2) is 23.4 Å². The molecule has 0 amide bonds. The van der Waals surface area contributed by atoms with E-state index in [1.54, 1.807) is 18.4 Å². The van der Waals surface area contributed by atoms with Crippen LogP contribution in [-0.2, 0) is 6.42 Å². The van der Waals surface area contributed by atoms with E-state index in [1.165, 1.54) is 16.0 Å². The fourth-order valence-corrected chi connectivity index (χ4v) is 3.75. The van der Waals surface area contributed by atoms with Gasteiger partial charge in [-0.25, -0.2) is 4.68 Å². The Morgan fingerprint density at radius 2 is 2.09 bits per heavy atom. The molecule has 0 fully saturated rings. The van der Waals surface area contributed by atoms with E-state index >= 15 is 0 Å². The third-order valence-electron chi connectivity index (χ3n) is 3.93. The van der Waals surface area contributed by atoms with Crippen LogP contribution in [0.1, 0.15) is 11.1 Å². The number of aromatic nitrogens is 2. The van der Waals surface area contributed by atoms with Crippen molar-refractivity contribution in [2.45, 2.75) is 13.3 Å². The SMILES string of the molecule is COc1ccc(-n2nc(-c3cc(C)cs3)c3c2NCC3)cc1. The Kier molecular flexibility index (Phi) is 3.15. The van der Waals surface area contributed by atoms with Gasteiger partial charge in [0, 0.05) is 12.1 Å². The Labute approximate surface area is 133 Å². The van der Waals surface area contributed by atoms with Crippen molar-refractivity contribution in [3.8, 4) is 22.0 Å². The number of hydrogen-bond acceptors (Lipinski definition) is 4. The summed E-state index contributed by atoms with van der Waals surface area (Å²) in [6.07, 6.45) is 1.03. The molecule has 0 unspecified atom stereocenters. The first kappa shape index (κ1) is 13.4. The minimum Gasteiger partial charge on any atom is -0.497 e. The van der Waals surface area contributed by atoms with E-state index in [9.17, 15) is 0 Å². The van der Waals surface area contributed by atoms with Gasteiger partial charge in [-0.05, 0) is 54.6 Å². The second-order valence-corrected chi connectivity index (χ2v) is 6.36. The average Bonchev–Trinajstić information content (AvgIpc) is 3.23. The number of benzene rings is 1. The lowest BCUT2D eigenvalue weighted by atomic mass is 10.1. The van der Waals surface area contributed by atoms with Gasteiger partial charge in [-0.15, -0.1) is 11.3 Å². The third kappa shape index (κ3) is 2.09. The van der Waals surface area contributed by atoms with Crippen LogP contribution in [0.5, 0.6) is 5.75 Å². The zero-order valence-corrected chi connectivity index (χ0v) is 13.4. The van der Waals surface area contributed by atoms with Crippen molar-refractivity contribution < 1.29 is 4.74 Å². The highest BCUT2D eigenvalue weighted by Gasteiger charge is 2.24. The Bertz CT molecular complexity index is 817. The fourth-order valence-electron chi connectivity index (χ4n) is 2.84. The maximum absolute atomic E-state index is 5.23. The quantitative estimate of drug-likeness (QED) is 0.797. The van der Waals surface area contributed by atoms with E-state index in [0.29, 0.717) is 0 Å². The van der Waals surface area contributed by atoms with Gasteiger partial charge in [0.15, 0.2) is 0 Å². The maximum atomic E-state index is 5.23. The van der Waals surface area contributed by atoms with Crippen LogP contribution in [0, 0.1) is 6.92 Å². The number of anilines is 1. The maximum Gasteiger partial charge on any atom is 0.133 e. The number of rotatable bonds is 3. The van der Waals surface area contributed by atoms with Gasteiger partial charge >= 0.3 is 0 Å². The van der Waals surface area contributed by atoms with Gasteiger partial charge in [0.25, 0.3) is 0 Å². The first-order valence-corrected chi connectivity index (χ1v) is 8.20. The number of ether oxygens (including phenoxy) is 1. The van der Waals surface area contributed by atoms with E-state index in [-0.39, 0.29) is 0 Å². The summed E-state index contributed by atoms with van der Waals surface area (Å²) in [5.74, 6) is 1.97. The van der Waals surface area contributed by atoms with Crippen molar-refractivity contribution in [3.05, 3.63) is 46.8 Å². The number of thiophene rings is 1. The summed E-state index contributed by atoms with van der Waals surface area (Å²) in [7, 11) is 1.68. The molecule has 0 spiro atoms. The number of nitrogens with zero attached hydrogens (tertiary/aromatic N) is 2. The van der Waals surface area contributed by atoms with Gasteiger partial charge in [-0.2, -0.15) is 5.10 Å². The van der Waals surface area contributed by atoms with Crippen LogP contribution in [0.15, 0.2) is 35.7 Å². The molecule has 4 nitrogen and oxygen atoms in total. The van der Waals surface area contributed by atoms with E-state index in [1.807, 2.05) is 28.9 Å². The monoisotopic (exact) mass is 311 g/mol. The molecule has 0 aliphatic carbocycles. The molecule has 0 radical (unpaired) electrons. The highest BCUT2D eigenvalue weighted by Crippen LogP contribution is 2.37. The zero-order chi connectivity index (χ0) is 15.1. The highest BCUT2D eigenvalue weighted by molar-refractivity contribution is 7.13. The molecule has 0 bridgehead atoms. The normalized spacial score (nSPS) is 13.0. The van der Waals surface area contributed by atoms with Crippen molar-refractivity contribution in [2.75, 3.05) is 19.0 Å². The van der Waals surface area contributed by atoms with Crippen LogP contribution in [0.3, 0.4) is 0 Å². The molecule has 3 heterocycles. The summed E-state index contributed by atoms with van der Waals surface area (Å²) in [6.45, 7) is 3.10. The summed E-state index contributed by atoms with van der Waals surface area (Å²) in [5, 5.41) is 10.5. The summed E-state index contributed by atoms with van der Waals surface area (Å²) in [6, 6.07) is 10.2. The minimum atomic E-state index is 0.856. The number of nitrogens with one attached hydrogen (secondary N) is 1. The highest BCUT2D eigenvalue weighted by atomic mass is 32.1. The van der Waals surface area contributed by atoms with Crippen LogP contribution in [0.2, 0.25) is 0 Å². The predicted octanol–water partition coefficient (Wildman–Crippen LogP) is 3.89. The third-order valence-corrected chi connectivity index (χ3v) is 4.99. The van der Waals surface area contributed by atoms with Gasteiger partial charge in [-0.3, -0.25) is 0 Å². The first-order valence-electron chi connectivity index (χ1n) is 7.32. The van der Waals surface area contributed by atoms with Crippen LogP contribution in [0.25, 0.3) is 16.3 Å². The Morgan fingerprint density at radius 3 is 2.77 bits per heavy atom. The Morgan fingerprint density at radius 1 is 1.27 bits per heavy atom. The van der Waals surface area contributed by atoms with Gasteiger partial charge in [0.1, 0.15) is 17.3 Å². The van der Waals surface area contributed by atoms with Crippen molar-refractivity contribution in [3.63, 3.8) is 0 Å². The van der Waals surface area contributed by atoms with E-state index in [0.717, 1.165) is 35.9 Å². The van der Waals surface area contributed by atoms with Crippen molar-refractivity contribution in [1.82, 2.24) is 9.78 Å². The largest absolute Gasteiger partial charge is 0.497 e. The second-order valence-electron chi connectivity index (χ2n) is 5.45. The molecule has 5 heteroatoms. The number of aryl methyl sites for hydroxylation is 1. The molecular weight excluding hydrogens is 294 g/mol. The molecular formula is C17H17N3OS. The van der Waals surface area contributed by atoms with Gasteiger partial charge < -0.3 is 10.1 Å². The first-order chi connectivity index (χ1) is 10.8. The summed E-state index contributed by atoms with van der Waals surface area (Å²) < 4.78 is 7.24. The van der Waals surface area contributed by atoms with E-state index in [2.05, 4.69) is 23.7 Å². The summed E-state index contributed by atoms with van der Waals surface area (Å²) in [5.41, 5.74) is 4.76. The van der Waals surface area contributed by atoms with Crippen molar-refractivity contribution in [2.24, 2.45) is 0 Å². The van der Waals surface area contributed by atoms with Crippen molar-refractivity contribution >= 4 is 17.2 Å². The molecule has 4 rings (SSSR count). The minimum absolute atomic E-state index is 0.856. The molecule has 2 aromatic heterocycles. The fraction of sp³-hybridized carbons (Fsp3) is 0.235. The van der Waals surface area contributed by atoms with Crippen molar-refractivity contribution in [1.29, 1.82) is 0 Å². The van der Waals surface area contributed by atoms with E-state index in [4.69, 9.17) is 9.84 Å². The lowest BCUT2D eigenvalue weighted by Gasteiger charge is -2.07. The van der Waals surface area contributed by atoms with Crippen LogP contribution < -0.4 is 10.1 Å². The molecule has 0 saturated heterocycles. The second kappa shape index (κ2) is 5.18. The Hall–Kier alpha value is -2.27. The smallest absolute Gasteiger partial charge is 0.133 e. The molecule has 3 aromatic rings. The van der Waals surface area contributed by atoms with Crippen LogP contribution >= 0.6 is 11.3 Å². The predicted molar refractivity (Wildman–Crippen MR) is 90.4 cm³/mol. The number of hydrogen-bond donors (Lipinski definition) is 1. The van der Waals surface area contributed by atoms with Gasteiger partial charge in [-0.1, -0.05) is 0 Å². The molecule has 1 aliphatic rings. The summed E-state index contributed by atoms with van der Waals surface area (Å²) >= 11 is 1.76. The lowest BCUT2D eigenvalue weighted by molar-refractivity contribution is 0.414. The average molecular weight is 311 g/mol. The molecule has 0 saturated carbocycles. The molecule has 0 atom stereocenters. The van der Waals surface area contributed by atoms with Crippen LogP contribution in [0.4, 0.5) is 5.82 Å². The number of methoxy groups -OCH3 is 1. The molecule has 1 aliphatic heterocycles. The lowest BCUT2D eigenvalue weighted by Crippen LogP contribution is -2.04. The Balaban J connectivity index is 1.83. The molecule has 112 valence electrons. The molecule has 1 N–H and O–H groups in total. The standard InChI is InChI=1S/C17H17N3OS/c1-11-9-15(22-10-11)16-14-7-8-18-17(14)20(19-16)12-3-5-13(21-2)6-4-12/h3-6,9-10,18H,7-8H2,1-2H3. The molecule has 1 aromatic carbocycles. The van der Waals surface area contributed by atoms with E-state index < -0.39 is 0 Å². The topological polar surface area (TPSA) is 39.1 Å². The van der Waals surface area contributed by atoms with Gasteiger partial charge in [0.2, 0.25) is 0 Å². The molecule has 22 heavy (non-hydrogen) atoms. The number of fused-ring (bicyclic) bond motifs is 1. The summed E-state index contributed by atoms with van der Waals surface area (Å²) in [4.78, 5) is 1.24.